The van der Waals surface area contributed by atoms with Crippen LogP contribution >= 0.6 is 0 Å². The van der Waals surface area contributed by atoms with Crippen LogP contribution in [0.2, 0.25) is 0 Å². The summed E-state index contributed by atoms with van der Waals surface area (Å²) in [6, 6.07) is 20.2. The molecular formula is C29H32FN3O4S. The zero-order valence-corrected chi connectivity index (χ0v) is 22.1. The van der Waals surface area contributed by atoms with Gasteiger partial charge in [-0.1, -0.05) is 67.6 Å². The van der Waals surface area contributed by atoms with Crippen LogP contribution in [0.4, 0.5) is 4.39 Å². The summed E-state index contributed by atoms with van der Waals surface area (Å²) in [5, 5.41) is 2.79. The number of carbonyl (C=O) groups excluding carboxylic acids is 2. The van der Waals surface area contributed by atoms with Crippen LogP contribution in [0.15, 0.2) is 96.4 Å². The molecule has 9 heteroatoms. The monoisotopic (exact) mass is 537 g/mol. The van der Waals surface area contributed by atoms with Crippen LogP contribution in [0.1, 0.15) is 36.1 Å². The number of nitrogens with zero attached hydrogens (tertiary/aromatic N) is 1. The highest BCUT2D eigenvalue weighted by Gasteiger charge is 2.31. The van der Waals surface area contributed by atoms with Gasteiger partial charge in [0, 0.05) is 26.1 Å². The predicted molar refractivity (Wildman–Crippen MR) is 145 cm³/mol. The standard InChI is InChI=1S/C29H32FN3O4S/c1-3-20-31-29(35)28(24-8-6-5-7-9-24)33(21-23-10-15-25(30)16-11-23)27(34)19-14-22-12-17-26(18-13-22)38(36,37)32-4-2/h3,5-13,15-18,28,32H,1,4,14,19-21H2,2H3,(H,31,35). The van der Waals surface area contributed by atoms with Crippen LogP contribution in [0, 0.1) is 5.82 Å². The molecule has 0 aliphatic heterocycles. The van der Waals surface area contributed by atoms with Crippen LogP contribution in [0.25, 0.3) is 0 Å². The minimum Gasteiger partial charge on any atom is -0.351 e. The molecule has 0 fully saturated rings. The van der Waals surface area contributed by atoms with Crippen LogP contribution in [-0.4, -0.2) is 38.2 Å². The predicted octanol–water partition coefficient (Wildman–Crippen LogP) is 4.13. The number of hydrogen-bond acceptors (Lipinski definition) is 4. The first-order valence-electron chi connectivity index (χ1n) is 12.3. The largest absolute Gasteiger partial charge is 0.351 e. The maximum absolute atomic E-state index is 13.6. The van der Waals surface area contributed by atoms with Crippen molar-refractivity contribution in [1.29, 1.82) is 0 Å². The van der Waals surface area contributed by atoms with E-state index in [1.807, 2.05) is 6.07 Å². The van der Waals surface area contributed by atoms with Crippen molar-refractivity contribution in [1.82, 2.24) is 14.9 Å². The number of amides is 2. The molecule has 1 atom stereocenters. The van der Waals surface area contributed by atoms with Gasteiger partial charge in [-0.2, -0.15) is 0 Å². The van der Waals surface area contributed by atoms with E-state index >= 15 is 0 Å². The third-order valence-electron chi connectivity index (χ3n) is 5.88. The van der Waals surface area contributed by atoms with Crippen molar-refractivity contribution in [3.8, 4) is 0 Å². The first-order chi connectivity index (χ1) is 18.2. The lowest BCUT2D eigenvalue weighted by Crippen LogP contribution is -2.43. The number of hydrogen-bond donors (Lipinski definition) is 2. The maximum Gasteiger partial charge on any atom is 0.247 e. The Morgan fingerprint density at radius 3 is 2.21 bits per heavy atom. The van der Waals surface area contributed by atoms with E-state index < -0.39 is 21.9 Å². The van der Waals surface area contributed by atoms with E-state index in [2.05, 4.69) is 16.6 Å². The summed E-state index contributed by atoms with van der Waals surface area (Å²) in [4.78, 5) is 28.6. The Morgan fingerprint density at radius 1 is 0.974 bits per heavy atom. The van der Waals surface area contributed by atoms with Gasteiger partial charge in [0.25, 0.3) is 0 Å². The molecule has 2 amide bonds. The Hall–Kier alpha value is -3.82. The number of aryl methyl sites for hydroxylation is 1. The molecule has 0 spiro atoms. The number of sulfonamides is 1. The Balaban J connectivity index is 1.87. The summed E-state index contributed by atoms with van der Waals surface area (Å²) < 4.78 is 40.4. The summed E-state index contributed by atoms with van der Waals surface area (Å²) in [6.07, 6.45) is 1.99. The normalized spacial score (nSPS) is 11.9. The molecule has 0 saturated heterocycles. The quantitative estimate of drug-likeness (QED) is 0.321. The van der Waals surface area contributed by atoms with E-state index in [4.69, 9.17) is 0 Å². The Morgan fingerprint density at radius 2 is 1.61 bits per heavy atom. The van der Waals surface area contributed by atoms with E-state index in [1.165, 1.54) is 29.2 Å². The number of carbonyl (C=O) groups is 2. The van der Waals surface area contributed by atoms with E-state index in [-0.39, 0.29) is 42.8 Å². The van der Waals surface area contributed by atoms with Gasteiger partial charge in [-0.3, -0.25) is 9.59 Å². The highest BCUT2D eigenvalue weighted by atomic mass is 32.2. The van der Waals surface area contributed by atoms with Crippen LogP contribution in [0.5, 0.6) is 0 Å². The summed E-state index contributed by atoms with van der Waals surface area (Å²) in [5.41, 5.74) is 2.10. The van der Waals surface area contributed by atoms with Gasteiger partial charge < -0.3 is 10.2 Å². The van der Waals surface area contributed by atoms with Gasteiger partial charge in [0.1, 0.15) is 11.9 Å². The van der Waals surface area contributed by atoms with Gasteiger partial charge in [-0.25, -0.2) is 17.5 Å². The third-order valence-corrected chi connectivity index (χ3v) is 7.44. The second kappa shape index (κ2) is 13.6. The molecule has 3 rings (SSSR count). The molecule has 0 heterocycles. The number of halogens is 1. The Labute approximate surface area is 223 Å². The molecule has 38 heavy (non-hydrogen) atoms. The molecule has 0 aromatic heterocycles. The summed E-state index contributed by atoms with van der Waals surface area (Å²) in [7, 11) is -3.57. The molecule has 200 valence electrons. The van der Waals surface area contributed by atoms with Gasteiger partial charge in [0.2, 0.25) is 21.8 Å². The van der Waals surface area contributed by atoms with Gasteiger partial charge in [0.05, 0.1) is 4.90 Å². The summed E-state index contributed by atoms with van der Waals surface area (Å²) in [6.45, 7) is 5.97. The highest BCUT2D eigenvalue weighted by Crippen LogP contribution is 2.25. The second-order valence-electron chi connectivity index (χ2n) is 8.64. The smallest absolute Gasteiger partial charge is 0.247 e. The van der Waals surface area contributed by atoms with Crippen molar-refractivity contribution in [2.24, 2.45) is 0 Å². The Kier molecular flexibility index (Phi) is 10.3. The topological polar surface area (TPSA) is 95.6 Å². The average Bonchev–Trinajstić information content (AvgIpc) is 2.92. The molecular weight excluding hydrogens is 505 g/mol. The van der Waals surface area contributed by atoms with Crippen molar-refractivity contribution in [3.63, 3.8) is 0 Å². The zero-order valence-electron chi connectivity index (χ0n) is 21.3. The number of benzene rings is 3. The maximum atomic E-state index is 13.6. The lowest BCUT2D eigenvalue weighted by Gasteiger charge is -2.31. The zero-order chi connectivity index (χ0) is 27.5. The first kappa shape index (κ1) is 28.7. The molecule has 0 aliphatic rings. The molecule has 0 bridgehead atoms. The molecule has 7 nitrogen and oxygen atoms in total. The average molecular weight is 538 g/mol. The summed E-state index contributed by atoms with van der Waals surface area (Å²) >= 11 is 0. The molecule has 3 aromatic rings. The molecule has 3 aromatic carbocycles. The van der Waals surface area contributed by atoms with Crippen molar-refractivity contribution >= 4 is 21.8 Å². The number of nitrogens with one attached hydrogen (secondary N) is 2. The number of rotatable bonds is 13. The van der Waals surface area contributed by atoms with E-state index in [0.717, 1.165) is 5.56 Å². The van der Waals surface area contributed by atoms with E-state index in [1.54, 1.807) is 61.5 Å². The minimum atomic E-state index is -3.57. The molecule has 2 N–H and O–H groups in total. The van der Waals surface area contributed by atoms with Crippen molar-refractivity contribution in [3.05, 3.63) is 114 Å². The highest BCUT2D eigenvalue weighted by molar-refractivity contribution is 7.89. The molecule has 1 unspecified atom stereocenters. The first-order valence-corrected chi connectivity index (χ1v) is 13.8. The molecule has 0 radical (unpaired) electrons. The van der Waals surface area contributed by atoms with Gasteiger partial charge >= 0.3 is 0 Å². The van der Waals surface area contributed by atoms with Gasteiger partial charge in [0.15, 0.2) is 0 Å². The van der Waals surface area contributed by atoms with Crippen molar-refractivity contribution in [2.45, 2.75) is 37.2 Å². The fraction of sp³-hybridized carbons (Fsp3) is 0.241. The van der Waals surface area contributed by atoms with Crippen molar-refractivity contribution < 1.29 is 22.4 Å². The van der Waals surface area contributed by atoms with E-state index in [9.17, 15) is 22.4 Å². The second-order valence-corrected chi connectivity index (χ2v) is 10.4. The minimum absolute atomic E-state index is 0.0819. The molecule has 0 aliphatic carbocycles. The van der Waals surface area contributed by atoms with Crippen LogP contribution in [0.3, 0.4) is 0 Å². The van der Waals surface area contributed by atoms with Gasteiger partial charge in [-0.15, -0.1) is 6.58 Å². The third kappa shape index (κ3) is 7.84. The lowest BCUT2D eigenvalue weighted by atomic mass is 10.0. The molecule has 0 saturated carbocycles. The SMILES string of the molecule is C=CCNC(=O)C(c1ccccc1)N(Cc1ccc(F)cc1)C(=O)CCc1ccc(S(=O)(=O)NCC)cc1. The Bertz CT molecular complexity index is 1330. The van der Waals surface area contributed by atoms with Crippen LogP contribution < -0.4 is 10.0 Å². The fourth-order valence-electron chi connectivity index (χ4n) is 3.99. The van der Waals surface area contributed by atoms with E-state index in [0.29, 0.717) is 17.5 Å². The van der Waals surface area contributed by atoms with Gasteiger partial charge in [-0.05, 0) is 47.4 Å². The van der Waals surface area contributed by atoms with Crippen LogP contribution in [-0.2, 0) is 32.6 Å². The summed E-state index contributed by atoms with van der Waals surface area (Å²) in [5.74, 6) is -1.03. The fourth-order valence-corrected chi connectivity index (χ4v) is 5.03. The lowest BCUT2D eigenvalue weighted by molar-refractivity contribution is -0.141. The van der Waals surface area contributed by atoms with Crippen molar-refractivity contribution in [2.75, 3.05) is 13.1 Å².